The second-order valence-electron chi connectivity index (χ2n) is 14.1. The molecule has 57 heavy (non-hydrogen) atoms. The van der Waals surface area contributed by atoms with Crippen LogP contribution in [0.25, 0.3) is 56.4 Å². The Morgan fingerprint density at radius 3 is 1.56 bits per heavy atom. The molecule has 8 aromatic rings. The fraction of sp³-hybridized carbons (Fsp3) is 0.0784. The number of aliphatic imine (C=N–C) groups is 2. The van der Waals surface area contributed by atoms with Crippen LogP contribution in [-0.4, -0.2) is 26.6 Å². The zero-order valence-electron chi connectivity index (χ0n) is 32.3. The molecule has 0 saturated heterocycles. The second-order valence-corrected chi connectivity index (χ2v) is 14.1. The van der Waals surface area contributed by atoms with E-state index in [0.29, 0.717) is 35.7 Å². The predicted molar refractivity (Wildman–Crippen MR) is 235 cm³/mol. The molecule has 0 aliphatic carbocycles. The van der Waals surface area contributed by atoms with E-state index in [-0.39, 0.29) is 0 Å². The van der Waals surface area contributed by atoms with Gasteiger partial charge in [0.15, 0.2) is 23.3 Å². The lowest BCUT2D eigenvalue weighted by Crippen LogP contribution is -2.18. The van der Waals surface area contributed by atoms with Gasteiger partial charge < -0.3 is 5.73 Å². The summed E-state index contributed by atoms with van der Waals surface area (Å²) in [5, 5.41) is 0. The molecule has 6 nitrogen and oxygen atoms in total. The van der Waals surface area contributed by atoms with Gasteiger partial charge in [-0.3, -0.25) is 4.99 Å². The van der Waals surface area contributed by atoms with Gasteiger partial charge in [0.2, 0.25) is 0 Å². The quantitative estimate of drug-likeness (QED) is 0.118. The van der Waals surface area contributed by atoms with Crippen molar-refractivity contribution in [2.24, 2.45) is 15.7 Å². The molecule has 0 fully saturated rings. The van der Waals surface area contributed by atoms with E-state index in [9.17, 15) is 0 Å². The highest BCUT2D eigenvalue weighted by atomic mass is 15.0. The molecule has 2 N–H and O–H groups in total. The zero-order chi connectivity index (χ0) is 39.1. The molecule has 0 bridgehead atoms. The molecule has 0 atom stereocenters. The summed E-state index contributed by atoms with van der Waals surface area (Å²) >= 11 is 0. The minimum Gasteiger partial charge on any atom is -0.383 e. The van der Waals surface area contributed by atoms with Crippen molar-refractivity contribution in [2.75, 3.05) is 0 Å². The van der Waals surface area contributed by atoms with Crippen LogP contribution in [-0.2, 0) is 6.54 Å². The van der Waals surface area contributed by atoms with E-state index >= 15 is 0 Å². The Morgan fingerprint density at radius 1 is 0.439 bits per heavy atom. The smallest absolute Gasteiger partial charge is 0.164 e. The molecule has 8 rings (SSSR count). The number of nitrogens with zero attached hydrogens (tertiary/aromatic N) is 5. The average molecular weight is 739 g/mol. The summed E-state index contributed by atoms with van der Waals surface area (Å²) in [5.74, 6) is 2.98. The number of hydrogen-bond donors (Lipinski definition) is 1. The summed E-state index contributed by atoms with van der Waals surface area (Å²) in [5.41, 5.74) is 20.0. The molecular formula is C51H42N6. The van der Waals surface area contributed by atoms with E-state index in [1.807, 2.05) is 91.9 Å². The largest absolute Gasteiger partial charge is 0.383 e. The SMILES string of the molecule is Cc1ccccc1C(N)=NC(=NCc1cccc(-c2cccc(-c3cccc(-c4nc(-c5ccccc5)nc(-c5ccccc5C)n4)c3)c2)c1)c1ccccc1C. The van der Waals surface area contributed by atoms with Gasteiger partial charge in [0, 0.05) is 27.8 Å². The van der Waals surface area contributed by atoms with Crippen LogP contribution in [0.1, 0.15) is 33.4 Å². The molecule has 0 aliphatic rings. The molecule has 0 unspecified atom stereocenters. The topological polar surface area (TPSA) is 89.4 Å². The van der Waals surface area contributed by atoms with Gasteiger partial charge in [-0.1, -0.05) is 158 Å². The van der Waals surface area contributed by atoms with Crippen molar-refractivity contribution in [1.82, 2.24) is 15.0 Å². The number of hydrogen-bond acceptors (Lipinski definition) is 4. The Morgan fingerprint density at radius 2 is 0.912 bits per heavy atom. The first-order valence-corrected chi connectivity index (χ1v) is 19.1. The van der Waals surface area contributed by atoms with E-state index in [1.54, 1.807) is 0 Å². The van der Waals surface area contributed by atoms with Crippen LogP contribution >= 0.6 is 0 Å². The van der Waals surface area contributed by atoms with Crippen LogP contribution in [0.15, 0.2) is 186 Å². The number of benzene rings is 7. The Bertz CT molecular complexity index is 2770. The number of rotatable bonds is 9. The minimum absolute atomic E-state index is 0.448. The van der Waals surface area contributed by atoms with Gasteiger partial charge in [-0.05, 0) is 83.5 Å². The van der Waals surface area contributed by atoms with Crippen molar-refractivity contribution < 1.29 is 0 Å². The highest BCUT2D eigenvalue weighted by Gasteiger charge is 2.15. The molecule has 0 spiro atoms. The normalized spacial score (nSPS) is 11.8. The second kappa shape index (κ2) is 16.6. The minimum atomic E-state index is 0.448. The monoisotopic (exact) mass is 738 g/mol. The first-order chi connectivity index (χ1) is 27.9. The van der Waals surface area contributed by atoms with Crippen molar-refractivity contribution in [3.8, 4) is 56.4 Å². The lowest BCUT2D eigenvalue weighted by atomic mass is 9.97. The lowest BCUT2D eigenvalue weighted by molar-refractivity contribution is 1.06. The molecule has 6 heteroatoms. The lowest BCUT2D eigenvalue weighted by Gasteiger charge is -2.11. The number of aromatic nitrogens is 3. The van der Waals surface area contributed by atoms with Crippen molar-refractivity contribution in [3.63, 3.8) is 0 Å². The first-order valence-electron chi connectivity index (χ1n) is 19.1. The Labute approximate surface area is 334 Å². The molecule has 0 amide bonds. The van der Waals surface area contributed by atoms with E-state index in [4.69, 9.17) is 30.7 Å². The van der Waals surface area contributed by atoms with Gasteiger partial charge in [-0.15, -0.1) is 0 Å². The Kier molecular flexibility index (Phi) is 10.7. The van der Waals surface area contributed by atoms with E-state index < -0.39 is 0 Å². The first kappa shape index (κ1) is 36.7. The number of aryl methyl sites for hydroxylation is 3. The number of amidine groups is 2. The van der Waals surface area contributed by atoms with E-state index in [0.717, 1.165) is 72.3 Å². The van der Waals surface area contributed by atoms with Crippen LogP contribution in [0.5, 0.6) is 0 Å². The van der Waals surface area contributed by atoms with Gasteiger partial charge in [0.25, 0.3) is 0 Å². The maximum absolute atomic E-state index is 6.58. The third kappa shape index (κ3) is 8.36. The molecule has 276 valence electrons. The van der Waals surface area contributed by atoms with Crippen LogP contribution in [0.4, 0.5) is 0 Å². The third-order valence-electron chi connectivity index (χ3n) is 10.1. The highest BCUT2D eigenvalue weighted by molar-refractivity contribution is 6.11. The molecule has 0 aliphatic heterocycles. The number of nitrogens with two attached hydrogens (primary N) is 1. The molecule has 0 radical (unpaired) electrons. The van der Waals surface area contributed by atoms with Crippen molar-refractivity contribution in [3.05, 3.63) is 209 Å². The fourth-order valence-corrected chi connectivity index (χ4v) is 6.94. The summed E-state index contributed by atoms with van der Waals surface area (Å²) in [4.78, 5) is 24.8. The van der Waals surface area contributed by atoms with Gasteiger partial charge in [0.1, 0.15) is 5.84 Å². The molecule has 1 aromatic heterocycles. The summed E-state index contributed by atoms with van der Waals surface area (Å²) < 4.78 is 0. The maximum Gasteiger partial charge on any atom is 0.164 e. The average Bonchev–Trinajstić information content (AvgIpc) is 3.26. The predicted octanol–water partition coefficient (Wildman–Crippen LogP) is 11.5. The summed E-state index contributed by atoms with van der Waals surface area (Å²) in [6.07, 6.45) is 0. The van der Waals surface area contributed by atoms with Crippen molar-refractivity contribution in [1.29, 1.82) is 0 Å². The fourth-order valence-electron chi connectivity index (χ4n) is 6.94. The third-order valence-corrected chi connectivity index (χ3v) is 10.1. The highest BCUT2D eigenvalue weighted by Crippen LogP contribution is 2.31. The summed E-state index contributed by atoms with van der Waals surface area (Å²) in [6.45, 7) is 6.64. The zero-order valence-corrected chi connectivity index (χ0v) is 32.3. The van der Waals surface area contributed by atoms with E-state index in [2.05, 4.69) is 105 Å². The molecule has 1 heterocycles. The van der Waals surface area contributed by atoms with Crippen molar-refractivity contribution >= 4 is 11.7 Å². The van der Waals surface area contributed by atoms with Gasteiger partial charge >= 0.3 is 0 Å². The molecule has 7 aromatic carbocycles. The molecular weight excluding hydrogens is 697 g/mol. The van der Waals surface area contributed by atoms with Gasteiger partial charge in [-0.2, -0.15) is 0 Å². The maximum atomic E-state index is 6.58. The Hall–Kier alpha value is -7.31. The Balaban J connectivity index is 1.11. The van der Waals surface area contributed by atoms with Gasteiger partial charge in [-0.25, -0.2) is 19.9 Å². The van der Waals surface area contributed by atoms with Crippen LogP contribution < -0.4 is 5.73 Å². The summed E-state index contributed by atoms with van der Waals surface area (Å²) in [7, 11) is 0. The van der Waals surface area contributed by atoms with Crippen LogP contribution in [0, 0.1) is 20.8 Å². The molecule has 0 saturated carbocycles. The summed E-state index contributed by atoms with van der Waals surface area (Å²) in [6, 6.07) is 60.0. The van der Waals surface area contributed by atoms with Gasteiger partial charge in [0.05, 0.1) is 6.54 Å². The van der Waals surface area contributed by atoms with Crippen LogP contribution in [0.3, 0.4) is 0 Å². The van der Waals surface area contributed by atoms with Crippen molar-refractivity contribution in [2.45, 2.75) is 27.3 Å². The van der Waals surface area contributed by atoms with Crippen LogP contribution in [0.2, 0.25) is 0 Å². The standard InChI is InChI=1S/C51H42N6/c1-34-16-7-10-27-44(34)47(52)54-50(45-28-11-8-17-35(45)2)53-33-37-19-13-22-39(30-37)40-23-14-24-41(31-40)42-25-15-26-43(32-42)49-55-48(38-20-5-4-6-21-38)56-51(57-49)46-29-12-9-18-36(46)3/h4-32H,33H2,1-3H3,(H2,52,53,54). The van der Waals surface area contributed by atoms with E-state index in [1.165, 1.54) is 0 Å².